The van der Waals surface area contributed by atoms with Crippen molar-refractivity contribution in [1.29, 1.82) is 0 Å². The van der Waals surface area contributed by atoms with E-state index < -0.39 is 17.6 Å². The Morgan fingerprint density at radius 3 is 2.54 bits per heavy atom. The smallest absolute Gasteiger partial charge is 0.318 e. The second-order valence-corrected chi connectivity index (χ2v) is 7.35. The lowest BCUT2D eigenvalue weighted by molar-refractivity contribution is -0.159. The van der Waals surface area contributed by atoms with Gasteiger partial charge in [-0.15, -0.1) is 0 Å². The Morgan fingerprint density at radius 2 is 1.86 bits per heavy atom. The summed E-state index contributed by atoms with van der Waals surface area (Å²) in [5.74, 6) is -1.39. The van der Waals surface area contributed by atoms with E-state index in [2.05, 4.69) is 0 Å². The molecule has 2 aliphatic heterocycles. The van der Waals surface area contributed by atoms with Crippen LogP contribution in [0.3, 0.4) is 0 Å². The number of esters is 1. The molecule has 0 unspecified atom stereocenters. The van der Waals surface area contributed by atoms with Crippen LogP contribution < -0.4 is 9.64 Å². The van der Waals surface area contributed by atoms with Gasteiger partial charge in [0.05, 0.1) is 26.5 Å². The fourth-order valence-electron chi connectivity index (χ4n) is 4.30. The van der Waals surface area contributed by atoms with E-state index in [0.717, 1.165) is 22.6 Å². The molecule has 0 aliphatic carbocycles. The Labute approximate surface area is 164 Å². The van der Waals surface area contributed by atoms with E-state index in [4.69, 9.17) is 14.2 Å². The van der Waals surface area contributed by atoms with Gasteiger partial charge in [0.15, 0.2) is 0 Å². The number of methoxy groups -OCH3 is 2. The molecule has 0 radical (unpaired) electrons. The molecule has 1 fully saturated rings. The molecule has 2 aromatic carbocycles. The normalized spacial score (nSPS) is 26.2. The Bertz CT molecular complexity index is 909. The third-order valence-corrected chi connectivity index (χ3v) is 5.73. The summed E-state index contributed by atoms with van der Waals surface area (Å²) in [7, 11) is 2.91. The summed E-state index contributed by atoms with van der Waals surface area (Å²) >= 11 is 0. The molecule has 28 heavy (non-hydrogen) atoms. The van der Waals surface area contributed by atoms with Gasteiger partial charge < -0.3 is 14.2 Å². The largest absolute Gasteiger partial charge is 0.497 e. The Kier molecular flexibility index (Phi) is 4.59. The van der Waals surface area contributed by atoms with Crippen molar-refractivity contribution in [3.63, 3.8) is 0 Å². The molecule has 0 spiro atoms. The van der Waals surface area contributed by atoms with Crippen LogP contribution in [0.15, 0.2) is 48.5 Å². The number of hydrogen-bond acceptors (Lipinski definition) is 5. The zero-order chi connectivity index (χ0) is 19.9. The van der Waals surface area contributed by atoms with Crippen LogP contribution in [0.25, 0.3) is 0 Å². The van der Waals surface area contributed by atoms with Gasteiger partial charge in [0.2, 0.25) is 5.91 Å². The van der Waals surface area contributed by atoms with Gasteiger partial charge in [-0.25, -0.2) is 0 Å². The van der Waals surface area contributed by atoms with Crippen molar-refractivity contribution in [2.24, 2.45) is 5.92 Å². The Morgan fingerprint density at radius 1 is 1.14 bits per heavy atom. The number of ether oxygens (including phenoxy) is 3. The predicted molar refractivity (Wildman–Crippen MR) is 103 cm³/mol. The van der Waals surface area contributed by atoms with Crippen LogP contribution in [0.1, 0.15) is 30.4 Å². The van der Waals surface area contributed by atoms with E-state index >= 15 is 0 Å². The summed E-state index contributed by atoms with van der Waals surface area (Å²) in [6.45, 7) is 2.33. The number of fused-ring (bicyclic) bond motifs is 3. The Hall–Kier alpha value is -2.86. The van der Waals surface area contributed by atoms with E-state index in [1.807, 2.05) is 55.5 Å². The molecule has 2 aromatic rings. The van der Waals surface area contributed by atoms with Crippen molar-refractivity contribution >= 4 is 17.6 Å². The third-order valence-electron chi connectivity index (χ3n) is 5.73. The molecule has 146 valence electrons. The average molecular weight is 381 g/mol. The van der Waals surface area contributed by atoms with Crippen molar-refractivity contribution in [1.82, 2.24) is 0 Å². The number of anilines is 1. The van der Waals surface area contributed by atoms with Crippen LogP contribution in [-0.4, -0.2) is 31.8 Å². The molecule has 1 saturated heterocycles. The highest BCUT2D eigenvalue weighted by molar-refractivity contribution is 6.09. The summed E-state index contributed by atoms with van der Waals surface area (Å²) in [5, 5.41) is 0. The number of amides is 1. The minimum absolute atomic E-state index is 0.298. The van der Waals surface area contributed by atoms with Crippen molar-refractivity contribution in [2.75, 3.05) is 19.1 Å². The van der Waals surface area contributed by atoms with E-state index in [-0.39, 0.29) is 11.8 Å². The van der Waals surface area contributed by atoms with E-state index in [1.54, 1.807) is 12.0 Å². The summed E-state index contributed by atoms with van der Waals surface area (Å²) < 4.78 is 16.4. The molecule has 0 N–H and O–H groups in total. The molecule has 0 bridgehead atoms. The number of carbonyl (C=O) groups is 2. The SMILES string of the molecule is COC(=O)[C@H]1C(=O)N2c3ccccc3CO[C@]2(C)C[C@@H]1c1ccc(OC)cc1. The average Bonchev–Trinajstić information content (AvgIpc) is 2.72. The minimum Gasteiger partial charge on any atom is -0.497 e. The summed E-state index contributed by atoms with van der Waals surface area (Å²) in [4.78, 5) is 27.8. The number of piperidine rings is 1. The topological polar surface area (TPSA) is 65.1 Å². The molecule has 0 saturated carbocycles. The van der Waals surface area contributed by atoms with Gasteiger partial charge in [-0.05, 0) is 30.7 Å². The van der Waals surface area contributed by atoms with E-state index in [0.29, 0.717) is 13.0 Å². The highest BCUT2D eigenvalue weighted by Crippen LogP contribution is 2.48. The minimum atomic E-state index is -0.929. The first-order valence-corrected chi connectivity index (χ1v) is 9.26. The molecular weight excluding hydrogens is 358 g/mol. The van der Waals surface area contributed by atoms with Crippen LogP contribution in [0.4, 0.5) is 5.69 Å². The highest BCUT2D eigenvalue weighted by atomic mass is 16.5. The maximum Gasteiger partial charge on any atom is 0.318 e. The second kappa shape index (κ2) is 6.95. The number of hydrogen-bond donors (Lipinski definition) is 0. The highest BCUT2D eigenvalue weighted by Gasteiger charge is 2.55. The molecule has 2 heterocycles. The molecule has 1 amide bonds. The molecular formula is C22H23NO5. The first kappa shape index (κ1) is 18.5. The van der Waals surface area contributed by atoms with Crippen LogP contribution in [0, 0.1) is 5.92 Å². The molecule has 2 aliphatic rings. The van der Waals surface area contributed by atoms with Crippen LogP contribution in [-0.2, 0) is 25.7 Å². The van der Waals surface area contributed by atoms with Gasteiger partial charge in [-0.1, -0.05) is 30.3 Å². The predicted octanol–water partition coefficient (Wildman–Crippen LogP) is 3.25. The maximum absolute atomic E-state index is 13.6. The van der Waals surface area contributed by atoms with Crippen molar-refractivity contribution in [3.05, 3.63) is 59.7 Å². The fourth-order valence-corrected chi connectivity index (χ4v) is 4.30. The van der Waals surface area contributed by atoms with Gasteiger partial charge in [0.25, 0.3) is 0 Å². The molecule has 6 heteroatoms. The monoisotopic (exact) mass is 381 g/mol. The maximum atomic E-state index is 13.6. The van der Waals surface area contributed by atoms with Crippen LogP contribution in [0.2, 0.25) is 0 Å². The van der Waals surface area contributed by atoms with Gasteiger partial charge in [-0.3, -0.25) is 14.5 Å². The molecule has 0 aromatic heterocycles. The molecule has 6 nitrogen and oxygen atoms in total. The van der Waals surface area contributed by atoms with Gasteiger partial charge >= 0.3 is 5.97 Å². The molecule has 3 atom stereocenters. The van der Waals surface area contributed by atoms with Crippen molar-refractivity contribution in [2.45, 2.75) is 31.6 Å². The fraction of sp³-hybridized carbons (Fsp3) is 0.364. The molecule has 4 rings (SSSR count). The van der Waals surface area contributed by atoms with Crippen LogP contribution >= 0.6 is 0 Å². The number of nitrogens with zero attached hydrogens (tertiary/aromatic N) is 1. The first-order valence-electron chi connectivity index (χ1n) is 9.26. The van der Waals surface area contributed by atoms with Gasteiger partial charge in [-0.2, -0.15) is 0 Å². The number of benzene rings is 2. The summed E-state index contributed by atoms with van der Waals surface area (Å²) in [6.07, 6.45) is 0.485. The van der Waals surface area contributed by atoms with Gasteiger partial charge in [0.1, 0.15) is 17.4 Å². The van der Waals surface area contributed by atoms with Crippen molar-refractivity contribution < 1.29 is 23.8 Å². The van der Waals surface area contributed by atoms with Crippen molar-refractivity contribution in [3.8, 4) is 5.75 Å². The number of carbonyl (C=O) groups excluding carboxylic acids is 2. The Balaban J connectivity index is 1.79. The number of para-hydroxylation sites is 1. The lowest BCUT2D eigenvalue weighted by Gasteiger charge is -2.51. The van der Waals surface area contributed by atoms with Gasteiger partial charge in [0, 0.05) is 17.9 Å². The summed E-state index contributed by atoms with van der Waals surface area (Å²) in [5.41, 5.74) is 1.77. The number of rotatable bonds is 3. The van der Waals surface area contributed by atoms with Crippen LogP contribution in [0.5, 0.6) is 5.75 Å². The quantitative estimate of drug-likeness (QED) is 0.603. The lowest BCUT2D eigenvalue weighted by Crippen LogP contribution is -2.62. The zero-order valence-electron chi connectivity index (χ0n) is 16.2. The third kappa shape index (κ3) is 2.85. The summed E-state index contributed by atoms with van der Waals surface area (Å²) in [6, 6.07) is 15.1. The second-order valence-electron chi connectivity index (χ2n) is 7.35. The zero-order valence-corrected chi connectivity index (χ0v) is 16.2. The van der Waals surface area contributed by atoms with E-state index in [9.17, 15) is 9.59 Å². The lowest BCUT2D eigenvalue weighted by atomic mass is 9.75. The first-order chi connectivity index (χ1) is 13.5. The van der Waals surface area contributed by atoms with E-state index in [1.165, 1.54) is 7.11 Å². The standard InChI is InChI=1S/C22H23NO5/c1-22-12-17(14-8-10-16(26-2)11-9-14)19(21(25)27-3)20(24)23(22)18-7-5-4-6-15(18)13-28-22/h4-11,17,19H,12-13H2,1-3H3/t17-,19-,22-/m1/s1.